The van der Waals surface area contributed by atoms with Crippen LogP contribution in [0.4, 0.5) is 14.9 Å². The summed E-state index contributed by atoms with van der Waals surface area (Å²) in [6.07, 6.45) is 0. The van der Waals surface area contributed by atoms with Gasteiger partial charge < -0.3 is 15.3 Å². The molecule has 0 spiro atoms. The van der Waals surface area contributed by atoms with Crippen LogP contribution >= 0.6 is 0 Å². The van der Waals surface area contributed by atoms with Crippen molar-refractivity contribution in [3.05, 3.63) is 29.6 Å². The van der Waals surface area contributed by atoms with Gasteiger partial charge in [-0.05, 0) is 38.0 Å². The maximum absolute atomic E-state index is 13.8. The maximum Gasteiger partial charge on any atom is 0.335 e. The molecule has 0 saturated heterocycles. The van der Waals surface area contributed by atoms with Crippen molar-refractivity contribution in [3.63, 3.8) is 0 Å². The fourth-order valence-corrected chi connectivity index (χ4v) is 1.86. The highest BCUT2D eigenvalue weighted by molar-refractivity contribution is 5.92. The highest BCUT2D eigenvalue weighted by Gasteiger charge is 2.19. The first-order valence-corrected chi connectivity index (χ1v) is 6.82. The van der Waals surface area contributed by atoms with Crippen molar-refractivity contribution >= 4 is 17.7 Å². The summed E-state index contributed by atoms with van der Waals surface area (Å²) < 4.78 is 13.8. The van der Waals surface area contributed by atoms with E-state index in [1.54, 1.807) is 4.90 Å². The Morgan fingerprint density at radius 3 is 2.33 bits per heavy atom. The summed E-state index contributed by atoms with van der Waals surface area (Å²) >= 11 is 0. The molecule has 1 aromatic rings. The summed E-state index contributed by atoms with van der Waals surface area (Å²) in [5.74, 6) is -1.69. The normalized spacial score (nSPS) is 10.8. The third kappa shape index (κ3) is 4.73. The molecule has 0 saturated carbocycles. The molecule has 0 radical (unpaired) electrons. The molecule has 21 heavy (non-hydrogen) atoms. The first-order chi connectivity index (χ1) is 9.72. The third-order valence-corrected chi connectivity index (χ3v) is 2.90. The lowest BCUT2D eigenvalue weighted by molar-refractivity contribution is 0.0696. The molecule has 2 N–H and O–H groups in total. The minimum atomic E-state index is -1.21. The minimum Gasteiger partial charge on any atom is -0.478 e. The Hall–Kier alpha value is -2.11. The molecular weight excluding hydrogens is 275 g/mol. The van der Waals surface area contributed by atoms with E-state index in [0.29, 0.717) is 6.54 Å². The van der Waals surface area contributed by atoms with E-state index >= 15 is 0 Å². The summed E-state index contributed by atoms with van der Waals surface area (Å²) in [7, 11) is 0. The van der Waals surface area contributed by atoms with Crippen LogP contribution in [0, 0.1) is 11.7 Å². The van der Waals surface area contributed by atoms with Gasteiger partial charge in [-0.2, -0.15) is 0 Å². The summed E-state index contributed by atoms with van der Waals surface area (Å²) in [6.45, 7) is 8.30. The van der Waals surface area contributed by atoms with Gasteiger partial charge in [0.15, 0.2) is 0 Å². The summed E-state index contributed by atoms with van der Waals surface area (Å²) in [4.78, 5) is 24.5. The molecular formula is C15H21FN2O3. The van der Waals surface area contributed by atoms with E-state index in [2.05, 4.69) is 5.32 Å². The van der Waals surface area contributed by atoms with Crippen molar-refractivity contribution < 1.29 is 19.1 Å². The van der Waals surface area contributed by atoms with Gasteiger partial charge in [0, 0.05) is 12.6 Å². The molecule has 116 valence electrons. The summed E-state index contributed by atoms with van der Waals surface area (Å²) in [5.41, 5.74) is -0.187. The van der Waals surface area contributed by atoms with E-state index < -0.39 is 17.8 Å². The van der Waals surface area contributed by atoms with E-state index in [0.717, 1.165) is 6.07 Å². The number of nitrogens with one attached hydrogen (secondary N) is 1. The third-order valence-electron chi connectivity index (χ3n) is 2.90. The van der Waals surface area contributed by atoms with Gasteiger partial charge in [0.05, 0.1) is 11.3 Å². The number of carbonyl (C=O) groups excluding carboxylic acids is 1. The van der Waals surface area contributed by atoms with Crippen LogP contribution in [0.15, 0.2) is 18.2 Å². The Morgan fingerprint density at radius 1 is 1.29 bits per heavy atom. The van der Waals surface area contributed by atoms with Gasteiger partial charge in [-0.15, -0.1) is 0 Å². The predicted octanol–water partition coefficient (Wildman–Crippen LogP) is 3.42. The summed E-state index contributed by atoms with van der Waals surface area (Å²) in [6, 6.07) is 2.97. The summed E-state index contributed by atoms with van der Waals surface area (Å²) in [5, 5.41) is 11.3. The van der Waals surface area contributed by atoms with E-state index in [1.165, 1.54) is 12.1 Å². The van der Waals surface area contributed by atoms with Crippen LogP contribution in [0.2, 0.25) is 0 Å². The fraction of sp³-hybridized carbons (Fsp3) is 0.467. The second-order valence-electron chi connectivity index (χ2n) is 5.57. The van der Waals surface area contributed by atoms with Gasteiger partial charge >= 0.3 is 12.0 Å². The van der Waals surface area contributed by atoms with Crippen molar-refractivity contribution in [1.82, 2.24) is 4.90 Å². The molecule has 1 aromatic carbocycles. The molecule has 6 heteroatoms. The number of anilines is 1. The Kier molecular flexibility index (Phi) is 5.69. The number of urea groups is 1. The van der Waals surface area contributed by atoms with Crippen molar-refractivity contribution in [2.24, 2.45) is 5.92 Å². The number of benzene rings is 1. The molecule has 5 nitrogen and oxygen atoms in total. The van der Waals surface area contributed by atoms with Gasteiger partial charge in [0.2, 0.25) is 0 Å². The maximum atomic E-state index is 13.8. The minimum absolute atomic E-state index is 0.0197. The lowest BCUT2D eigenvalue weighted by Gasteiger charge is -2.28. The molecule has 0 aromatic heterocycles. The molecule has 0 aliphatic heterocycles. The average Bonchev–Trinajstić information content (AvgIpc) is 2.37. The van der Waals surface area contributed by atoms with Crippen LogP contribution in [-0.4, -0.2) is 34.6 Å². The lowest BCUT2D eigenvalue weighted by Crippen LogP contribution is -2.42. The highest BCUT2D eigenvalue weighted by atomic mass is 19.1. The van der Waals surface area contributed by atoms with Gasteiger partial charge in [0.1, 0.15) is 5.82 Å². The number of amides is 2. The number of nitrogens with zero attached hydrogens (tertiary/aromatic N) is 1. The Labute approximate surface area is 123 Å². The molecule has 1 rings (SSSR count). The van der Waals surface area contributed by atoms with E-state index in [-0.39, 0.29) is 23.2 Å². The van der Waals surface area contributed by atoms with Gasteiger partial charge in [0.25, 0.3) is 0 Å². The van der Waals surface area contributed by atoms with Gasteiger partial charge in [-0.25, -0.2) is 14.0 Å². The quantitative estimate of drug-likeness (QED) is 0.874. The Morgan fingerprint density at radius 2 is 1.90 bits per heavy atom. The fourth-order valence-electron chi connectivity index (χ4n) is 1.86. The van der Waals surface area contributed by atoms with Crippen molar-refractivity contribution in [2.75, 3.05) is 11.9 Å². The van der Waals surface area contributed by atoms with Crippen molar-refractivity contribution in [1.29, 1.82) is 0 Å². The number of hydrogen-bond acceptors (Lipinski definition) is 2. The number of carboxylic acids is 1. The van der Waals surface area contributed by atoms with Crippen LogP contribution in [0.1, 0.15) is 38.1 Å². The smallest absolute Gasteiger partial charge is 0.335 e. The number of carboxylic acid groups (broad SMARTS) is 1. The van der Waals surface area contributed by atoms with Crippen molar-refractivity contribution in [3.8, 4) is 0 Å². The van der Waals surface area contributed by atoms with Crippen LogP contribution in [0.3, 0.4) is 0 Å². The number of rotatable bonds is 5. The topological polar surface area (TPSA) is 69.6 Å². The number of carbonyl (C=O) groups is 2. The molecule has 0 aliphatic carbocycles. The largest absolute Gasteiger partial charge is 0.478 e. The zero-order valence-electron chi connectivity index (χ0n) is 12.7. The molecule has 0 unspecified atom stereocenters. The molecule has 0 bridgehead atoms. The zero-order valence-corrected chi connectivity index (χ0v) is 12.7. The molecule has 0 atom stereocenters. The molecule has 2 amide bonds. The number of aromatic carboxylic acids is 1. The van der Waals surface area contributed by atoms with Crippen LogP contribution < -0.4 is 5.32 Å². The van der Waals surface area contributed by atoms with E-state index in [9.17, 15) is 14.0 Å². The number of halogens is 1. The van der Waals surface area contributed by atoms with Gasteiger partial charge in [-0.3, -0.25) is 0 Å². The number of hydrogen-bond donors (Lipinski definition) is 2. The second-order valence-corrected chi connectivity index (χ2v) is 5.57. The zero-order chi connectivity index (χ0) is 16.2. The lowest BCUT2D eigenvalue weighted by atomic mass is 10.2. The van der Waals surface area contributed by atoms with Crippen LogP contribution in [-0.2, 0) is 0 Å². The molecule has 0 fully saturated rings. The average molecular weight is 296 g/mol. The van der Waals surface area contributed by atoms with Crippen LogP contribution in [0.25, 0.3) is 0 Å². The monoisotopic (exact) mass is 296 g/mol. The standard InChI is InChI=1S/C15H21FN2O3/c1-9(2)8-18(10(3)4)15(21)17-13-6-5-11(14(19)20)7-12(13)16/h5-7,9-10H,8H2,1-4H3,(H,17,21)(H,19,20). The molecule has 0 heterocycles. The SMILES string of the molecule is CC(C)CN(C(=O)Nc1ccc(C(=O)O)cc1F)C(C)C. The first-order valence-electron chi connectivity index (χ1n) is 6.82. The van der Waals surface area contributed by atoms with Crippen molar-refractivity contribution in [2.45, 2.75) is 33.7 Å². The van der Waals surface area contributed by atoms with E-state index in [1.807, 2.05) is 27.7 Å². The van der Waals surface area contributed by atoms with E-state index in [4.69, 9.17) is 5.11 Å². The predicted molar refractivity (Wildman–Crippen MR) is 79.1 cm³/mol. The Balaban J connectivity index is 2.88. The Bertz CT molecular complexity index is 530. The second kappa shape index (κ2) is 7.06. The van der Waals surface area contributed by atoms with Crippen LogP contribution in [0.5, 0.6) is 0 Å². The highest BCUT2D eigenvalue weighted by Crippen LogP contribution is 2.17. The first kappa shape index (κ1) is 16.9. The van der Waals surface area contributed by atoms with Gasteiger partial charge in [-0.1, -0.05) is 13.8 Å². The molecule has 0 aliphatic rings.